The number of terminal acetylenes is 2. The van der Waals surface area contributed by atoms with Crippen molar-refractivity contribution in [2.45, 2.75) is 124 Å². The normalized spacial score (nSPS) is 38.5. The number of carbonyl (C=O) groups is 1. The molecule has 7 rings (SSSR count). The Morgan fingerprint density at radius 2 is 1.53 bits per heavy atom. The summed E-state index contributed by atoms with van der Waals surface area (Å²) in [6.45, 7) is 20.0. The molecule has 9 atom stereocenters. The first-order valence-corrected chi connectivity index (χ1v) is 21.9. The number of carboxylic acid groups (broad SMARTS) is 1. The van der Waals surface area contributed by atoms with Gasteiger partial charge in [-0.05, 0) is 140 Å². The molecule has 6 aliphatic rings. The summed E-state index contributed by atoms with van der Waals surface area (Å²) in [4.78, 5) is 11.5. The molecule has 1 aromatic rings. The molecule has 0 amide bonds. The van der Waals surface area contributed by atoms with Gasteiger partial charge in [0.25, 0.3) is 0 Å². The first-order valence-electron chi connectivity index (χ1n) is 20.0. The highest BCUT2D eigenvalue weighted by atomic mass is 32.2. The summed E-state index contributed by atoms with van der Waals surface area (Å²) >= 11 is 0. The van der Waals surface area contributed by atoms with Gasteiger partial charge < -0.3 is 15.7 Å². The van der Waals surface area contributed by atoms with Crippen molar-refractivity contribution in [3.05, 3.63) is 54.1 Å². The second-order valence-electron chi connectivity index (χ2n) is 18.1. The molecule has 4 unspecified atom stereocenters. The van der Waals surface area contributed by atoms with Crippen LogP contribution in [0.25, 0.3) is 5.57 Å². The summed E-state index contributed by atoms with van der Waals surface area (Å²) in [6, 6.07) is 7.71. The van der Waals surface area contributed by atoms with Gasteiger partial charge in [-0.25, -0.2) is 13.2 Å². The van der Waals surface area contributed by atoms with Crippen LogP contribution in [-0.2, 0) is 9.84 Å². The van der Waals surface area contributed by atoms with Crippen molar-refractivity contribution in [1.82, 2.24) is 10.6 Å². The second-order valence-corrected chi connectivity index (χ2v) is 20.4. The van der Waals surface area contributed by atoms with Crippen LogP contribution in [0.1, 0.15) is 128 Å². The monoisotopic (exact) mass is 744 g/mol. The van der Waals surface area contributed by atoms with Gasteiger partial charge in [0.2, 0.25) is 0 Å². The number of sulfone groups is 1. The number of aromatic carboxylic acids is 1. The average Bonchev–Trinajstić information content (AvgIpc) is 3.71. The van der Waals surface area contributed by atoms with Gasteiger partial charge in [0.15, 0.2) is 9.84 Å². The van der Waals surface area contributed by atoms with E-state index in [2.05, 4.69) is 83.6 Å². The largest absolute Gasteiger partial charge is 0.478 e. The third-order valence-corrected chi connectivity index (χ3v) is 17.4. The lowest BCUT2D eigenvalue weighted by Gasteiger charge is -2.72. The number of rotatable bonds is 7. The van der Waals surface area contributed by atoms with Gasteiger partial charge in [0.1, 0.15) is 0 Å². The third-order valence-electron chi connectivity index (χ3n) is 15.6. The zero-order valence-electron chi connectivity index (χ0n) is 33.6. The molecule has 4 saturated carbocycles. The number of fused-ring (bicyclic) bond motifs is 7. The molecule has 292 valence electrons. The van der Waals surface area contributed by atoms with E-state index in [0.717, 1.165) is 37.8 Å². The predicted molar refractivity (Wildman–Crippen MR) is 221 cm³/mol. The summed E-state index contributed by atoms with van der Waals surface area (Å²) in [5.41, 5.74) is 4.16. The van der Waals surface area contributed by atoms with E-state index in [1.54, 1.807) is 18.2 Å². The van der Waals surface area contributed by atoms with Crippen molar-refractivity contribution in [1.29, 1.82) is 0 Å². The van der Waals surface area contributed by atoms with Crippen LogP contribution in [0.5, 0.6) is 0 Å². The van der Waals surface area contributed by atoms with E-state index >= 15 is 0 Å². The van der Waals surface area contributed by atoms with Gasteiger partial charge in [-0.3, -0.25) is 0 Å². The number of nitrogens with one attached hydrogen (secondary N) is 2. The summed E-state index contributed by atoms with van der Waals surface area (Å²) in [5, 5.41) is 17.1. The van der Waals surface area contributed by atoms with Crippen molar-refractivity contribution in [2.75, 3.05) is 24.6 Å². The molecule has 7 heteroatoms. The zero-order valence-corrected chi connectivity index (χ0v) is 34.4. The average molecular weight is 745 g/mol. The summed E-state index contributed by atoms with van der Waals surface area (Å²) in [6.07, 6.45) is 33.9. The lowest BCUT2D eigenvalue weighted by molar-refractivity contribution is -0.216. The van der Waals surface area contributed by atoms with Crippen LogP contribution >= 0.6 is 0 Å². The fraction of sp³-hybridized carbons (Fsp3) is 0.674. The van der Waals surface area contributed by atoms with Gasteiger partial charge >= 0.3 is 5.97 Å². The maximum Gasteiger partial charge on any atom is 0.335 e. The van der Waals surface area contributed by atoms with Crippen molar-refractivity contribution < 1.29 is 18.3 Å². The molecule has 0 radical (unpaired) electrons. The minimum absolute atomic E-state index is 0.0324. The van der Waals surface area contributed by atoms with Gasteiger partial charge in [0.05, 0.1) is 17.1 Å². The van der Waals surface area contributed by atoms with Crippen molar-refractivity contribution >= 4 is 21.4 Å². The zero-order chi connectivity index (χ0) is 39.5. The van der Waals surface area contributed by atoms with Crippen molar-refractivity contribution in [2.24, 2.45) is 45.3 Å². The summed E-state index contributed by atoms with van der Waals surface area (Å²) in [5.74, 6) is 2.59. The van der Waals surface area contributed by atoms with Crippen LogP contribution in [0, 0.1) is 71.0 Å². The third kappa shape index (κ3) is 7.57. The maximum absolute atomic E-state index is 11.9. The van der Waals surface area contributed by atoms with Crippen LogP contribution in [0.3, 0.4) is 0 Å². The summed E-state index contributed by atoms with van der Waals surface area (Å²) in [7, 11) is -2.85. The fourth-order valence-corrected chi connectivity index (χ4v) is 15.0. The molecule has 0 aromatic heterocycles. The van der Waals surface area contributed by atoms with Crippen LogP contribution in [-0.4, -0.2) is 55.7 Å². The molecule has 53 heavy (non-hydrogen) atoms. The van der Waals surface area contributed by atoms with Crippen LogP contribution in [0.4, 0.5) is 0 Å². The lowest BCUT2D eigenvalue weighted by atomic mass is 9.33. The maximum atomic E-state index is 11.9. The Kier molecular flexibility index (Phi) is 13.3. The fourth-order valence-electron chi connectivity index (χ4n) is 13.3. The van der Waals surface area contributed by atoms with E-state index in [0.29, 0.717) is 39.7 Å². The Balaban J connectivity index is 0.000000841. The Hall–Kier alpha value is -2.84. The van der Waals surface area contributed by atoms with Crippen molar-refractivity contribution in [3.63, 3.8) is 0 Å². The van der Waals surface area contributed by atoms with Gasteiger partial charge in [-0.15, -0.1) is 32.3 Å². The molecule has 0 spiro atoms. The number of benzene rings is 1. The number of carboxylic acids is 1. The molecule has 1 aromatic carbocycles. The van der Waals surface area contributed by atoms with E-state index in [1.807, 2.05) is 19.1 Å². The highest BCUT2D eigenvalue weighted by Crippen LogP contribution is 2.76. The molecule has 1 aliphatic heterocycles. The number of hydrogen-bond donors (Lipinski definition) is 3. The smallest absolute Gasteiger partial charge is 0.335 e. The van der Waals surface area contributed by atoms with E-state index in [-0.39, 0.29) is 22.4 Å². The highest BCUT2D eigenvalue weighted by molar-refractivity contribution is 7.91. The molecule has 3 N–H and O–H groups in total. The Morgan fingerprint density at radius 3 is 2.13 bits per heavy atom. The Labute approximate surface area is 322 Å². The van der Waals surface area contributed by atoms with Crippen LogP contribution < -0.4 is 10.6 Å². The molecule has 0 bridgehead atoms. The Bertz CT molecular complexity index is 1640. The first-order chi connectivity index (χ1) is 25.1. The molecular weight excluding hydrogens is 677 g/mol. The minimum atomic E-state index is -2.85. The molecule has 1 heterocycles. The quantitative estimate of drug-likeness (QED) is 0.147. The van der Waals surface area contributed by atoms with Crippen LogP contribution in [0.15, 0.2) is 43.0 Å². The number of allylic oxidation sites excluding steroid dienone is 3. The van der Waals surface area contributed by atoms with E-state index in [1.165, 1.54) is 68.9 Å². The van der Waals surface area contributed by atoms with Gasteiger partial charge in [0, 0.05) is 24.7 Å². The van der Waals surface area contributed by atoms with Gasteiger partial charge in [-0.2, -0.15) is 0 Å². The van der Waals surface area contributed by atoms with Crippen LogP contribution in [0.2, 0.25) is 0 Å². The van der Waals surface area contributed by atoms with Crippen molar-refractivity contribution in [3.8, 4) is 25.7 Å². The SMILES string of the molecule is C#C.C#C.C=CC.CC1(C)C(c2ccc(C(=O)O)cc2)=CC[C@@]2(C)C1CC[C@]1(C)C2CC[C@@H]2C3CCC[C@]3(NCCNC3CCS(=O)(=O)C3)CC[C@]21C. The number of hydrogen-bond acceptors (Lipinski definition) is 5. The standard InChI is InChI=1S/C39H58N2O4S.C3H6.2C2H2/c1-35(2)29(26-8-10-27(11-9-26)34(42)43)14-18-36(3)32(35)15-19-38(5)33(36)13-12-30-31-7-6-17-39(31,21-20-37(30,38)4)41-23-22-40-28-16-24-46(44,45)25-28;1-3-2;2*1-2/h8-11,14,28,30-33,40-41H,6-7,12-13,15-25H2,1-5H3,(H,42,43);3H,1H2,2H3;2*1-2H/t28?,30-,31?,32?,33?,36+,37-,38-,39+;;;/m1.../s1. The topological polar surface area (TPSA) is 95.5 Å². The predicted octanol–water partition coefficient (Wildman–Crippen LogP) is 9.04. The van der Waals surface area contributed by atoms with E-state index in [4.69, 9.17) is 0 Å². The molecule has 6 nitrogen and oxygen atoms in total. The lowest BCUT2D eigenvalue weighted by Crippen LogP contribution is -2.67. The first kappa shape index (κ1) is 42.9. The van der Waals surface area contributed by atoms with E-state index in [9.17, 15) is 18.3 Å². The minimum Gasteiger partial charge on any atom is -0.478 e. The second kappa shape index (κ2) is 16.5. The van der Waals surface area contributed by atoms with E-state index < -0.39 is 15.8 Å². The molecule has 5 aliphatic carbocycles. The molecular formula is C46H68N2O4S. The molecule has 5 fully saturated rings. The highest BCUT2D eigenvalue weighted by Gasteiger charge is 2.69. The molecule has 1 saturated heterocycles. The Morgan fingerprint density at radius 1 is 0.868 bits per heavy atom. The van der Waals surface area contributed by atoms with Gasteiger partial charge in [-0.1, -0.05) is 65.3 Å². The summed E-state index contributed by atoms with van der Waals surface area (Å²) < 4.78 is 23.8.